The van der Waals surface area contributed by atoms with Crippen molar-refractivity contribution in [1.29, 1.82) is 0 Å². The van der Waals surface area contributed by atoms with E-state index < -0.39 is 11.9 Å². The van der Waals surface area contributed by atoms with Gasteiger partial charge >= 0.3 is 11.9 Å². The minimum absolute atomic E-state index is 0.0737. The molecule has 1 fully saturated rings. The van der Waals surface area contributed by atoms with Gasteiger partial charge in [-0.2, -0.15) is 0 Å². The highest BCUT2D eigenvalue weighted by atomic mass is 32.2. The molecule has 7 heteroatoms. The van der Waals surface area contributed by atoms with Gasteiger partial charge in [-0.15, -0.1) is 0 Å². The smallest absolute Gasteiger partial charge is 0.333 e. The molecule has 0 N–H and O–H groups in total. The summed E-state index contributed by atoms with van der Waals surface area (Å²) in [5.41, 5.74) is 0.914. The first-order valence-corrected chi connectivity index (χ1v) is 8.71. The van der Waals surface area contributed by atoms with Crippen molar-refractivity contribution >= 4 is 35.7 Å². The molecule has 0 unspecified atom stereocenters. The summed E-state index contributed by atoms with van der Waals surface area (Å²) in [4.78, 5) is 36.3. The summed E-state index contributed by atoms with van der Waals surface area (Å²) >= 11 is 1.29. The molecule has 0 spiro atoms. The Bertz CT molecular complexity index is 684. The van der Waals surface area contributed by atoms with Crippen LogP contribution in [0.2, 0.25) is 0 Å². The first kappa shape index (κ1) is 18.8. The number of amides is 1. The molecule has 132 valence electrons. The van der Waals surface area contributed by atoms with Crippen LogP contribution in [0.15, 0.2) is 47.5 Å². The van der Waals surface area contributed by atoms with Crippen LogP contribution < -0.4 is 0 Å². The largest absolute Gasteiger partial charge is 0.466 e. The Morgan fingerprint density at radius 2 is 2.00 bits per heavy atom. The van der Waals surface area contributed by atoms with Crippen LogP contribution >= 0.6 is 11.8 Å². The third kappa shape index (κ3) is 6.11. The first-order valence-electron chi connectivity index (χ1n) is 7.73. The Balaban J connectivity index is 1.75. The third-order valence-electron chi connectivity index (χ3n) is 3.33. The molecule has 0 aliphatic carbocycles. The molecule has 1 aliphatic heterocycles. The van der Waals surface area contributed by atoms with Crippen LogP contribution in [-0.4, -0.2) is 48.8 Å². The molecule has 6 nitrogen and oxygen atoms in total. The van der Waals surface area contributed by atoms with Gasteiger partial charge in [0, 0.05) is 12.6 Å². The van der Waals surface area contributed by atoms with Crippen LogP contribution in [0, 0.1) is 0 Å². The summed E-state index contributed by atoms with van der Waals surface area (Å²) in [6.45, 7) is 0.572. The van der Waals surface area contributed by atoms with Crippen molar-refractivity contribution in [2.24, 2.45) is 0 Å². The first-order chi connectivity index (χ1) is 12.1. The van der Waals surface area contributed by atoms with E-state index >= 15 is 0 Å². The number of carbonyl (C=O) groups excluding carboxylic acids is 3. The fraction of sp³-hybridized carbons (Fsp3) is 0.278. The SMILES string of the molecule is COC(=O)/C=C1/SCC(=O)N1CCCOC(=O)/C=C/c1ccccc1. The van der Waals surface area contributed by atoms with Gasteiger partial charge in [-0.3, -0.25) is 4.79 Å². The van der Waals surface area contributed by atoms with Crippen LogP contribution in [0.3, 0.4) is 0 Å². The summed E-state index contributed by atoms with van der Waals surface area (Å²) < 4.78 is 9.69. The number of esters is 2. The van der Waals surface area contributed by atoms with Crippen molar-refractivity contribution in [2.75, 3.05) is 26.0 Å². The lowest BCUT2D eigenvalue weighted by Gasteiger charge is -2.16. The molecule has 0 aromatic heterocycles. The van der Waals surface area contributed by atoms with Crippen molar-refractivity contribution in [3.63, 3.8) is 0 Å². The van der Waals surface area contributed by atoms with Gasteiger partial charge in [-0.05, 0) is 18.1 Å². The van der Waals surface area contributed by atoms with Gasteiger partial charge in [-0.1, -0.05) is 42.1 Å². The molecule has 1 aromatic carbocycles. The van der Waals surface area contributed by atoms with Gasteiger partial charge in [0.05, 0.1) is 30.6 Å². The lowest BCUT2D eigenvalue weighted by Crippen LogP contribution is -2.27. The van der Waals surface area contributed by atoms with E-state index in [-0.39, 0.29) is 12.5 Å². The third-order valence-corrected chi connectivity index (χ3v) is 4.36. The van der Waals surface area contributed by atoms with Crippen molar-refractivity contribution in [3.8, 4) is 0 Å². The minimum atomic E-state index is -0.500. The van der Waals surface area contributed by atoms with Crippen LogP contribution in [0.25, 0.3) is 6.08 Å². The second-order valence-corrected chi connectivity index (χ2v) is 6.10. The predicted octanol–water partition coefficient (Wildman–Crippen LogP) is 2.22. The van der Waals surface area contributed by atoms with Crippen molar-refractivity contribution < 1.29 is 23.9 Å². The average molecular weight is 361 g/mol. The molecule has 1 amide bonds. The molecule has 1 saturated heterocycles. The molecule has 0 saturated carbocycles. The number of thioether (sulfide) groups is 1. The molecule has 1 heterocycles. The van der Waals surface area contributed by atoms with E-state index in [1.54, 1.807) is 6.08 Å². The van der Waals surface area contributed by atoms with Crippen molar-refractivity contribution in [3.05, 3.63) is 53.1 Å². The van der Waals surface area contributed by atoms with Crippen molar-refractivity contribution in [1.82, 2.24) is 4.90 Å². The predicted molar refractivity (Wildman–Crippen MR) is 95.3 cm³/mol. The number of hydrogen-bond donors (Lipinski definition) is 0. The fourth-order valence-electron chi connectivity index (χ4n) is 2.10. The highest BCUT2D eigenvalue weighted by Crippen LogP contribution is 2.28. The van der Waals surface area contributed by atoms with Crippen molar-refractivity contribution in [2.45, 2.75) is 6.42 Å². The van der Waals surface area contributed by atoms with Gasteiger partial charge in [-0.25, -0.2) is 9.59 Å². The van der Waals surface area contributed by atoms with E-state index in [0.29, 0.717) is 23.7 Å². The number of hydrogen-bond acceptors (Lipinski definition) is 6. The lowest BCUT2D eigenvalue weighted by atomic mass is 10.2. The molecule has 2 rings (SSSR count). The molecule has 1 aromatic rings. The monoisotopic (exact) mass is 361 g/mol. The highest BCUT2D eigenvalue weighted by Gasteiger charge is 2.26. The van der Waals surface area contributed by atoms with E-state index in [0.717, 1.165) is 5.56 Å². The maximum absolute atomic E-state index is 11.8. The van der Waals surface area contributed by atoms with Crippen LogP contribution in [-0.2, 0) is 23.9 Å². The Labute approximate surface area is 150 Å². The van der Waals surface area contributed by atoms with Crippen LogP contribution in [0.4, 0.5) is 0 Å². The second kappa shape index (κ2) is 9.68. The molecular weight excluding hydrogens is 342 g/mol. The number of rotatable bonds is 7. The molecule has 0 bridgehead atoms. The Kier molecular flexibility index (Phi) is 7.28. The van der Waals surface area contributed by atoms with E-state index in [9.17, 15) is 14.4 Å². The van der Waals surface area contributed by atoms with E-state index in [4.69, 9.17) is 4.74 Å². The molecule has 1 aliphatic rings. The van der Waals surface area contributed by atoms with E-state index in [1.165, 1.54) is 35.9 Å². The maximum atomic E-state index is 11.8. The zero-order valence-corrected chi connectivity index (χ0v) is 14.7. The quantitative estimate of drug-likeness (QED) is 0.421. The summed E-state index contributed by atoms with van der Waals surface area (Å²) in [6, 6.07) is 9.44. The number of nitrogens with zero attached hydrogens (tertiary/aromatic N) is 1. The highest BCUT2D eigenvalue weighted by molar-refractivity contribution is 8.04. The van der Waals surface area contributed by atoms with Gasteiger partial charge in [0.1, 0.15) is 0 Å². The Morgan fingerprint density at radius 3 is 2.72 bits per heavy atom. The summed E-state index contributed by atoms with van der Waals surface area (Å²) in [7, 11) is 1.29. The molecular formula is C18H19NO5S. The normalized spacial score (nSPS) is 15.8. The average Bonchev–Trinajstić information content (AvgIpc) is 2.97. The lowest BCUT2D eigenvalue weighted by molar-refractivity contribution is -0.138. The van der Waals surface area contributed by atoms with Crippen LogP contribution in [0.5, 0.6) is 0 Å². The topological polar surface area (TPSA) is 72.9 Å². The van der Waals surface area contributed by atoms with E-state index in [2.05, 4.69) is 4.74 Å². The zero-order valence-electron chi connectivity index (χ0n) is 13.8. The van der Waals surface area contributed by atoms with Gasteiger partial charge < -0.3 is 14.4 Å². The molecule has 0 atom stereocenters. The summed E-state index contributed by atoms with van der Waals surface area (Å²) in [6.07, 6.45) is 4.83. The van der Waals surface area contributed by atoms with Gasteiger partial charge in [0.25, 0.3) is 0 Å². The number of methoxy groups -OCH3 is 1. The summed E-state index contributed by atoms with van der Waals surface area (Å²) in [5, 5.41) is 0.562. The Morgan fingerprint density at radius 1 is 1.24 bits per heavy atom. The van der Waals surface area contributed by atoms with E-state index in [1.807, 2.05) is 30.3 Å². The number of carbonyl (C=O) groups is 3. The molecule has 0 radical (unpaired) electrons. The number of ether oxygens (including phenoxy) is 2. The standard InChI is InChI=1S/C18H19NO5S/c1-23-18(22)12-16-19(15(20)13-25-16)10-5-11-24-17(21)9-8-14-6-3-2-4-7-14/h2-4,6-9,12H,5,10-11,13H2,1H3/b9-8+,16-12+. The summed E-state index contributed by atoms with van der Waals surface area (Å²) in [5.74, 6) is -0.714. The molecule has 25 heavy (non-hydrogen) atoms. The minimum Gasteiger partial charge on any atom is -0.466 e. The van der Waals surface area contributed by atoms with Gasteiger partial charge in [0.15, 0.2) is 0 Å². The Hall–Kier alpha value is -2.54. The maximum Gasteiger partial charge on any atom is 0.333 e. The zero-order chi connectivity index (χ0) is 18.1. The van der Waals surface area contributed by atoms with Crippen LogP contribution in [0.1, 0.15) is 12.0 Å². The second-order valence-electron chi connectivity index (χ2n) is 5.10. The number of benzene rings is 1. The fourth-order valence-corrected chi connectivity index (χ4v) is 3.06. The van der Waals surface area contributed by atoms with Gasteiger partial charge in [0.2, 0.25) is 5.91 Å².